The zero-order valence-corrected chi connectivity index (χ0v) is 11.7. The number of aromatic nitrogens is 4. The molecule has 0 fully saturated rings. The van der Waals surface area contributed by atoms with Crippen molar-refractivity contribution in [3.63, 3.8) is 0 Å². The van der Waals surface area contributed by atoms with Gasteiger partial charge in [-0.3, -0.25) is 0 Å². The van der Waals surface area contributed by atoms with Crippen molar-refractivity contribution in [2.24, 2.45) is 0 Å². The molecule has 0 aliphatic heterocycles. The number of benzene rings is 1. The first-order valence-electron chi connectivity index (χ1n) is 5.94. The van der Waals surface area contributed by atoms with E-state index >= 15 is 0 Å². The second-order valence-corrected chi connectivity index (χ2v) is 4.53. The lowest BCUT2D eigenvalue weighted by atomic mass is 10.2. The van der Waals surface area contributed by atoms with Crippen LogP contribution in [0.2, 0.25) is 5.02 Å². The summed E-state index contributed by atoms with van der Waals surface area (Å²) < 4.78 is 10.1. The molecule has 2 heterocycles. The highest BCUT2D eigenvalue weighted by atomic mass is 35.5. The molecule has 1 aromatic carbocycles. The molecule has 0 spiro atoms. The van der Waals surface area contributed by atoms with Crippen LogP contribution in [-0.4, -0.2) is 27.4 Å². The minimum Gasteiger partial charge on any atom is -0.480 e. The van der Waals surface area contributed by atoms with Crippen LogP contribution in [0, 0.1) is 0 Å². The number of nitrogen functional groups attached to an aromatic ring is 1. The van der Waals surface area contributed by atoms with Crippen LogP contribution in [0.5, 0.6) is 5.88 Å². The number of nitrogens with two attached hydrogens (primary N) is 1. The summed E-state index contributed by atoms with van der Waals surface area (Å²) in [6.45, 7) is 0. The predicted molar refractivity (Wildman–Crippen MR) is 76.7 cm³/mol. The van der Waals surface area contributed by atoms with E-state index in [0.717, 1.165) is 0 Å². The molecule has 8 heteroatoms. The van der Waals surface area contributed by atoms with Crippen molar-refractivity contribution in [2.45, 2.75) is 0 Å². The van der Waals surface area contributed by atoms with Crippen LogP contribution in [0.25, 0.3) is 23.0 Å². The highest BCUT2D eigenvalue weighted by Crippen LogP contribution is 2.27. The van der Waals surface area contributed by atoms with E-state index in [2.05, 4.69) is 20.3 Å². The Hall–Kier alpha value is -2.67. The smallest absolute Gasteiger partial charge is 0.258 e. The van der Waals surface area contributed by atoms with Gasteiger partial charge in [-0.2, -0.15) is 4.98 Å². The molecule has 0 saturated heterocycles. The van der Waals surface area contributed by atoms with Gasteiger partial charge in [-0.15, -0.1) is 10.2 Å². The first kappa shape index (κ1) is 13.3. The topological polar surface area (TPSA) is 100.0 Å². The Balaban J connectivity index is 1.93. The largest absolute Gasteiger partial charge is 0.480 e. The summed E-state index contributed by atoms with van der Waals surface area (Å²) in [6, 6.07) is 8.44. The summed E-state index contributed by atoms with van der Waals surface area (Å²) in [6.07, 6.45) is 0. The Kier molecular flexibility index (Phi) is 3.41. The molecule has 0 bridgehead atoms. The maximum absolute atomic E-state index is 5.97. The molecule has 0 aliphatic carbocycles. The number of hydrogen-bond acceptors (Lipinski definition) is 7. The summed E-state index contributed by atoms with van der Waals surface area (Å²) in [5, 5.41) is 12.1. The van der Waals surface area contributed by atoms with E-state index in [0.29, 0.717) is 39.6 Å². The van der Waals surface area contributed by atoms with E-state index in [-0.39, 0.29) is 0 Å². The summed E-state index contributed by atoms with van der Waals surface area (Å²) in [5.74, 6) is 1.06. The van der Waals surface area contributed by atoms with Crippen molar-refractivity contribution in [3.8, 4) is 28.9 Å². The Bertz CT molecular complexity index is 772. The van der Waals surface area contributed by atoms with Gasteiger partial charge in [0.2, 0.25) is 11.7 Å². The van der Waals surface area contributed by atoms with E-state index in [9.17, 15) is 0 Å². The number of methoxy groups -OCH3 is 1. The first-order valence-corrected chi connectivity index (χ1v) is 6.32. The summed E-state index contributed by atoms with van der Waals surface area (Å²) in [4.78, 5) is 4.26. The second kappa shape index (κ2) is 5.37. The van der Waals surface area contributed by atoms with E-state index in [1.807, 2.05) is 0 Å². The van der Waals surface area contributed by atoms with Crippen molar-refractivity contribution in [1.29, 1.82) is 0 Å². The van der Waals surface area contributed by atoms with Crippen molar-refractivity contribution >= 4 is 17.3 Å². The van der Waals surface area contributed by atoms with Gasteiger partial charge >= 0.3 is 0 Å². The molecule has 3 aromatic rings. The molecule has 0 aliphatic rings. The molecule has 7 nitrogen and oxygen atoms in total. The standard InChI is InChI=1S/C13H10ClN5O2/c1-20-11-5-4-10(17-18-11)12-16-13(21-19-12)7-2-3-9(15)8(14)6-7/h2-6H,15H2,1H3. The van der Waals surface area contributed by atoms with Gasteiger partial charge in [0.25, 0.3) is 5.89 Å². The number of anilines is 1. The third-order valence-electron chi connectivity index (χ3n) is 2.75. The highest BCUT2D eigenvalue weighted by molar-refractivity contribution is 6.33. The van der Waals surface area contributed by atoms with E-state index in [1.54, 1.807) is 30.3 Å². The number of ether oxygens (including phenoxy) is 1. The first-order chi connectivity index (χ1) is 10.2. The van der Waals surface area contributed by atoms with Crippen LogP contribution in [0.1, 0.15) is 0 Å². The van der Waals surface area contributed by atoms with Crippen LogP contribution in [-0.2, 0) is 0 Å². The van der Waals surface area contributed by atoms with Gasteiger partial charge in [0.1, 0.15) is 5.69 Å². The fourth-order valence-corrected chi connectivity index (χ4v) is 1.83. The van der Waals surface area contributed by atoms with Gasteiger partial charge in [0, 0.05) is 11.6 Å². The lowest BCUT2D eigenvalue weighted by Crippen LogP contribution is -1.93. The van der Waals surface area contributed by atoms with Gasteiger partial charge in [0.05, 0.1) is 17.8 Å². The average molecular weight is 304 g/mol. The van der Waals surface area contributed by atoms with Gasteiger partial charge in [0.15, 0.2) is 0 Å². The Morgan fingerprint density at radius 2 is 2.05 bits per heavy atom. The van der Waals surface area contributed by atoms with Gasteiger partial charge < -0.3 is 15.0 Å². The SMILES string of the molecule is COc1ccc(-c2noc(-c3ccc(N)c(Cl)c3)n2)nn1. The molecule has 2 aromatic heterocycles. The summed E-state index contributed by atoms with van der Waals surface area (Å²) >= 11 is 5.97. The Morgan fingerprint density at radius 1 is 1.19 bits per heavy atom. The minimum atomic E-state index is 0.324. The lowest BCUT2D eigenvalue weighted by molar-refractivity contribution is 0.392. The van der Waals surface area contributed by atoms with Crippen molar-refractivity contribution in [3.05, 3.63) is 35.4 Å². The monoisotopic (exact) mass is 303 g/mol. The van der Waals surface area contributed by atoms with Crippen LogP contribution in [0.15, 0.2) is 34.9 Å². The normalized spacial score (nSPS) is 10.6. The lowest BCUT2D eigenvalue weighted by Gasteiger charge is -1.98. The quantitative estimate of drug-likeness (QED) is 0.742. The van der Waals surface area contributed by atoms with Crippen molar-refractivity contribution in [1.82, 2.24) is 20.3 Å². The van der Waals surface area contributed by atoms with E-state index in [4.69, 9.17) is 26.6 Å². The Labute approximate surface area is 124 Å². The molecule has 0 saturated carbocycles. The van der Waals surface area contributed by atoms with Gasteiger partial charge in [-0.25, -0.2) is 0 Å². The molecule has 106 valence electrons. The molecular weight excluding hydrogens is 294 g/mol. The average Bonchev–Trinajstić information content (AvgIpc) is 3.00. The van der Waals surface area contributed by atoms with Gasteiger partial charge in [-0.1, -0.05) is 16.8 Å². The molecule has 0 amide bonds. The highest BCUT2D eigenvalue weighted by Gasteiger charge is 2.13. The number of halogens is 1. The molecule has 21 heavy (non-hydrogen) atoms. The summed E-state index contributed by atoms with van der Waals surface area (Å²) in [7, 11) is 1.51. The van der Waals surface area contributed by atoms with Gasteiger partial charge in [-0.05, 0) is 24.3 Å². The minimum absolute atomic E-state index is 0.324. The third-order valence-corrected chi connectivity index (χ3v) is 3.08. The van der Waals surface area contributed by atoms with E-state index < -0.39 is 0 Å². The number of nitrogens with zero attached hydrogens (tertiary/aromatic N) is 4. The van der Waals surface area contributed by atoms with Crippen molar-refractivity contribution < 1.29 is 9.26 Å². The fraction of sp³-hybridized carbons (Fsp3) is 0.0769. The zero-order valence-electron chi connectivity index (χ0n) is 10.9. The fourth-order valence-electron chi connectivity index (χ4n) is 1.65. The molecular formula is C13H10ClN5O2. The maximum Gasteiger partial charge on any atom is 0.258 e. The van der Waals surface area contributed by atoms with Crippen LogP contribution in [0.4, 0.5) is 5.69 Å². The number of hydrogen-bond donors (Lipinski definition) is 1. The molecule has 3 rings (SSSR count). The third kappa shape index (κ3) is 2.63. The maximum atomic E-state index is 5.97. The molecule has 2 N–H and O–H groups in total. The predicted octanol–water partition coefficient (Wildman–Crippen LogP) is 2.44. The summed E-state index contributed by atoms with van der Waals surface area (Å²) in [5.41, 5.74) is 7.30. The van der Waals surface area contributed by atoms with Crippen LogP contribution in [0.3, 0.4) is 0 Å². The number of rotatable bonds is 3. The van der Waals surface area contributed by atoms with Crippen LogP contribution < -0.4 is 10.5 Å². The molecule has 0 radical (unpaired) electrons. The van der Waals surface area contributed by atoms with E-state index in [1.165, 1.54) is 7.11 Å². The zero-order chi connectivity index (χ0) is 14.8. The second-order valence-electron chi connectivity index (χ2n) is 4.12. The Morgan fingerprint density at radius 3 is 2.71 bits per heavy atom. The molecule has 0 unspecified atom stereocenters. The van der Waals surface area contributed by atoms with Crippen molar-refractivity contribution in [2.75, 3.05) is 12.8 Å². The van der Waals surface area contributed by atoms with Crippen LogP contribution >= 0.6 is 11.6 Å². The molecule has 0 atom stereocenters.